The Balaban J connectivity index is 0.000000137. The molecule has 0 saturated carbocycles. The van der Waals surface area contributed by atoms with Gasteiger partial charge in [-0.3, -0.25) is 0 Å². The van der Waals surface area contributed by atoms with E-state index >= 15 is 0 Å². The maximum Gasteiger partial charge on any atom is 0.147 e. The highest BCUT2D eigenvalue weighted by atomic mass is 35.5. The van der Waals surface area contributed by atoms with Gasteiger partial charge in [-0.15, -0.1) is 39.9 Å². The summed E-state index contributed by atoms with van der Waals surface area (Å²) in [5.41, 5.74) is 13.2. The van der Waals surface area contributed by atoms with Gasteiger partial charge in [-0.25, -0.2) is 0 Å². The highest BCUT2D eigenvalue weighted by Gasteiger charge is 2.29. The summed E-state index contributed by atoms with van der Waals surface area (Å²) in [5, 5.41) is 59.3. The number of hydrogen-bond acceptors (Lipinski definition) is 9. The fourth-order valence-electron chi connectivity index (χ4n) is 8.11. The molecule has 0 fully saturated rings. The average Bonchev–Trinajstić information content (AvgIpc) is 4.03. The van der Waals surface area contributed by atoms with Crippen LogP contribution in [0.1, 0.15) is 91.4 Å². The van der Waals surface area contributed by atoms with Crippen molar-refractivity contribution < 1.29 is 15.3 Å². The molecule has 0 saturated heterocycles. The number of fused-ring (bicyclic) bond motifs is 3. The van der Waals surface area contributed by atoms with Crippen molar-refractivity contribution in [2.45, 2.75) is 86.0 Å². The minimum Gasteiger partial charge on any atom is -0.505 e. The normalized spacial score (nSPS) is 12.4. The summed E-state index contributed by atoms with van der Waals surface area (Å²) in [6, 6.07) is 34.9. The first-order chi connectivity index (χ1) is 31.4. The molecule has 13 heteroatoms. The van der Waals surface area contributed by atoms with Gasteiger partial charge in [-0.05, 0) is 128 Å². The Labute approximate surface area is 389 Å². The van der Waals surface area contributed by atoms with Crippen molar-refractivity contribution in [3.63, 3.8) is 0 Å². The number of phenols is 3. The number of benzene rings is 6. The van der Waals surface area contributed by atoms with Gasteiger partial charge in [0.25, 0.3) is 0 Å². The van der Waals surface area contributed by atoms with E-state index in [9.17, 15) is 15.3 Å². The van der Waals surface area contributed by atoms with Gasteiger partial charge in [0.2, 0.25) is 0 Å². The van der Waals surface area contributed by atoms with E-state index in [2.05, 4.69) is 89.5 Å². The third-order valence-corrected chi connectivity index (χ3v) is 11.9. The van der Waals surface area contributed by atoms with E-state index in [4.69, 9.17) is 11.6 Å². The molecule has 0 spiro atoms. The summed E-state index contributed by atoms with van der Waals surface area (Å²) in [5.74, 6) is 0.672. The number of rotatable bonds is 5. The third-order valence-electron chi connectivity index (χ3n) is 11.7. The van der Waals surface area contributed by atoms with E-state index in [0.717, 1.165) is 79.7 Å². The van der Waals surface area contributed by atoms with Crippen molar-refractivity contribution in [1.82, 2.24) is 45.0 Å². The SMILES string of the molecule is Cc1cc(-n2nc3c(n2)CCC=C3)c(O)c(C(C)(C)c2ccccc2)c1.Cc1cc(-n2nc3ccc(Cl)cc3n2)c(O)c(C(C)(C)C)c1.Cc1cc(C)c(O)c(-n2nc3ccccc3n2)c1. The van der Waals surface area contributed by atoms with Crippen molar-refractivity contribution in [2.75, 3.05) is 0 Å². The lowest BCUT2D eigenvalue weighted by molar-refractivity contribution is 0.440. The van der Waals surface area contributed by atoms with Gasteiger partial charge in [0.15, 0.2) is 0 Å². The van der Waals surface area contributed by atoms with Crippen LogP contribution in [0.25, 0.3) is 45.2 Å². The summed E-state index contributed by atoms with van der Waals surface area (Å²) in [7, 11) is 0. The van der Waals surface area contributed by atoms with Crippen molar-refractivity contribution in [2.24, 2.45) is 0 Å². The fourth-order valence-corrected chi connectivity index (χ4v) is 8.28. The summed E-state index contributed by atoms with van der Waals surface area (Å²) in [6.45, 7) is 18.4. The van der Waals surface area contributed by atoms with Crippen LogP contribution in [-0.4, -0.2) is 60.3 Å². The van der Waals surface area contributed by atoms with Crippen LogP contribution < -0.4 is 0 Å². The molecule has 9 aromatic rings. The zero-order chi connectivity index (χ0) is 47.1. The molecule has 3 N–H and O–H groups in total. The summed E-state index contributed by atoms with van der Waals surface area (Å²) in [6.07, 6.45) is 5.99. The summed E-state index contributed by atoms with van der Waals surface area (Å²) in [4.78, 5) is 4.53. The highest BCUT2D eigenvalue weighted by molar-refractivity contribution is 6.31. The predicted molar refractivity (Wildman–Crippen MR) is 263 cm³/mol. The number of aromatic nitrogens is 9. The number of aromatic hydroxyl groups is 3. The van der Waals surface area contributed by atoms with E-state index in [1.165, 1.54) is 9.59 Å². The van der Waals surface area contributed by atoms with Crippen LogP contribution in [0.2, 0.25) is 5.02 Å². The lowest BCUT2D eigenvalue weighted by Crippen LogP contribution is -2.20. The van der Waals surface area contributed by atoms with Gasteiger partial charge >= 0.3 is 0 Å². The van der Waals surface area contributed by atoms with E-state index in [1.807, 2.05) is 113 Å². The molecule has 1 aliphatic carbocycles. The maximum absolute atomic E-state index is 11.1. The number of nitrogens with zero attached hydrogens (tertiary/aromatic N) is 9. The molecule has 336 valence electrons. The molecule has 6 aromatic carbocycles. The standard InChI is InChI=1S/C22H23N3O.C17H18ClN3O.C14H13N3O/c1-15-13-17(22(2,3)16-9-5-4-6-10-16)21(26)20(14-15)25-23-18-11-7-8-12-19(18)24-25;1-10-7-12(17(2,3)4)16(22)15(8-10)21-19-13-6-5-11(18)9-14(13)20-21;1-9-7-10(2)14(18)13(8-9)17-15-11-5-3-4-6-12(11)16-17/h4-7,9-11,13-14,26H,8,12H2,1-3H3;5-9,22H,1-4H3;3-8,18H,1-2H3. The van der Waals surface area contributed by atoms with Crippen molar-refractivity contribution in [3.05, 3.63) is 171 Å². The van der Waals surface area contributed by atoms with Crippen molar-refractivity contribution >= 4 is 39.7 Å². The van der Waals surface area contributed by atoms with E-state index in [-0.39, 0.29) is 28.1 Å². The van der Waals surface area contributed by atoms with Crippen LogP contribution in [0.15, 0.2) is 115 Å². The molecular formula is C53H54ClN9O3. The molecule has 0 bridgehead atoms. The van der Waals surface area contributed by atoms with Gasteiger partial charge in [-0.1, -0.05) is 113 Å². The number of aryl methyl sites for hydroxylation is 5. The molecule has 0 atom stereocenters. The first-order valence-electron chi connectivity index (χ1n) is 21.9. The molecule has 10 rings (SSSR count). The second-order valence-electron chi connectivity index (χ2n) is 18.4. The molecule has 12 nitrogen and oxygen atoms in total. The lowest BCUT2D eigenvalue weighted by Gasteiger charge is -2.28. The van der Waals surface area contributed by atoms with Crippen molar-refractivity contribution in [3.8, 4) is 34.3 Å². The van der Waals surface area contributed by atoms with Crippen LogP contribution in [0, 0.1) is 27.7 Å². The summed E-state index contributed by atoms with van der Waals surface area (Å²) < 4.78 is 0. The first-order valence-corrected chi connectivity index (χ1v) is 22.3. The van der Waals surface area contributed by atoms with Gasteiger partial charge in [-0.2, -0.15) is 5.10 Å². The Morgan fingerprint density at radius 1 is 0.515 bits per heavy atom. The molecule has 1 aliphatic rings. The number of allylic oxidation sites excluding steroid dienone is 1. The quantitative estimate of drug-likeness (QED) is 0.153. The number of hydrogen-bond donors (Lipinski definition) is 3. The zero-order valence-electron chi connectivity index (χ0n) is 38.7. The average molecular weight is 901 g/mol. The molecule has 3 aromatic heterocycles. The number of halogens is 1. The fraction of sp³-hybridized carbons (Fsp3) is 0.245. The van der Waals surface area contributed by atoms with E-state index < -0.39 is 0 Å². The highest BCUT2D eigenvalue weighted by Crippen LogP contribution is 2.41. The zero-order valence-corrected chi connectivity index (χ0v) is 39.5. The lowest BCUT2D eigenvalue weighted by atomic mass is 9.77. The van der Waals surface area contributed by atoms with Crippen LogP contribution in [0.4, 0.5) is 0 Å². The maximum atomic E-state index is 11.1. The smallest absolute Gasteiger partial charge is 0.147 e. The van der Waals surface area contributed by atoms with Crippen molar-refractivity contribution in [1.29, 1.82) is 0 Å². The molecule has 66 heavy (non-hydrogen) atoms. The monoisotopic (exact) mass is 899 g/mol. The van der Waals surface area contributed by atoms with Gasteiger partial charge in [0, 0.05) is 21.6 Å². The minimum atomic E-state index is -0.335. The topological polar surface area (TPSA) is 153 Å². The Hall–Kier alpha value is -7.31. The van der Waals surface area contributed by atoms with Crippen LogP contribution >= 0.6 is 11.6 Å². The number of phenolic OH excluding ortho intramolecular Hbond substituents is 3. The molecule has 0 radical (unpaired) electrons. The van der Waals surface area contributed by atoms with E-state index in [0.29, 0.717) is 27.6 Å². The van der Waals surface area contributed by atoms with Crippen LogP contribution in [0.5, 0.6) is 17.2 Å². The van der Waals surface area contributed by atoms with Gasteiger partial charge < -0.3 is 15.3 Å². The van der Waals surface area contributed by atoms with Gasteiger partial charge in [0.05, 0.1) is 5.69 Å². The van der Waals surface area contributed by atoms with Crippen LogP contribution in [-0.2, 0) is 17.3 Å². The molecule has 3 heterocycles. The molecule has 0 unspecified atom stereocenters. The second kappa shape index (κ2) is 17.9. The summed E-state index contributed by atoms with van der Waals surface area (Å²) >= 11 is 5.99. The predicted octanol–water partition coefficient (Wildman–Crippen LogP) is 11.7. The Morgan fingerprint density at radius 2 is 1.02 bits per heavy atom. The Kier molecular flexibility index (Phi) is 12.3. The third kappa shape index (κ3) is 9.27. The molecule has 0 amide bonds. The Morgan fingerprint density at radius 3 is 1.61 bits per heavy atom. The van der Waals surface area contributed by atoms with Crippen LogP contribution in [0.3, 0.4) is 0 Å². The first kappa shape index (κ1) is 45.3. The largest absolute Gasteiger partial charge is 0.505 e. The van der Waals surface area contributed by atoms with Gasteiger partial charge in [0.1, 0.15) is 62.1 Å². The molecular weight excluding hydrogens is 846 g/mol. The Bertz CT molecular complexity index is 3230. The minimum absolute atomic E-state index is 0.166. The second-order valence-corrected chi connectivity index (χ2v) is 18.9. The van der Waals surface area contributed by atoms with E-state index in [1.54, 1.807) is 16.9 Å². The molecule has 0 aliphatic heterocycles.